The van der Waals surface area contributed by atoms with Crippen LogP contribution in [-0.2, 0) is 53.3 Å². The molecule has 0 rings (SSSR count). The molecule has 0 aromatic rings. The van der Waals surface area contributed by atoms with Crippen LogP contribution in [0.3, 0.4) is 0 Å². The van der Waals surface area contributed by atoms with Gasteiger partial charge in [0.25, 0.3) is 0 Å². The molecule has 14 heteroatoms. The summed E-state index contributed by atoms with van der Waals surface area (Å²) in [4.78, 5) is 36.5. The van der Waals surface area contributed by atoms with Gasteiger partial charge in [-0.2, -0.15) is 0 Å². The first kappa shape index (κ1) is 37.2. The predicted molar refractivity (Wildman–Crippen MR) is 56.2 cm³/mol. The van der Waals surface area contributed by atoms with Crippen LogP contribution < -0.4 is 43.4 Å². The van der Waals surface area contributed by atoms with Crippen molar-refractivity contribution in [3.8, 4) is 0 Å². The minimum atomic E-state index is -1.22. The van der Waals surface area contributed by atoms with E-state index in [0.29, 0.717) is 0 Å². The van der Waals surface area contributed by atoms with E-state index in [1.807, 2.05) is 0 Å². The zero-order valence-corrected chi connectivity index (χ0v) is 13.2. The minimum Gasteiger partial charge on any atom is -0.549 e. The summed E-state index contributed by atoms with van der Waals surface area (Å²) in [7, 11) is 0. The molecule has 0 bridgehead atoms. The molecule has 2 radical (unpaired) electrons. The molecule has 0 aliphatic heterocycles. The Morgan fingerprint density at radius 3 is 0.591 bits per heavy atom. The zero-order chi connectivity index (χ0) is 17.1. The molecule has 0 aromatic carbocycles. The Morgan fingerprint density at radius 2 is 0.591 bits per heavy atom. The molecule has 0 atom stereocenters. The normalized spacial score (nSPS) is 6.73. The van der Waals surface area contributed by atoms with E-state index in [-0.39, 0.29) is 60.3 Å². The van der Waals surface area contributed by atoms with E-state index in [1.165, 1.54) is 0 Å². The number of hydrogen-bond donors (Lipinski definition) is 4. The first-order valence-electron chi connectivity index (χ1n) is 4.68. The Bertz CT molecular complexity index is 239. The summed E-state index contributed by atoms with van der Waals surface area (Å²) in [6.07, 6.45) is 0. The van der Waals surface area contributed by atoms with E-state index in [0.717, 1.165) is 0 Å². The minimum absolute atomic E-state index is 0. The van der Waals surface area contributed by atoms with Crippen LogP contribution in [0.1, 0.15) is 0 Å². The SMILES string of the molecule is NCC(=O)[O-].NCC(=O)[O-].NCC(=O)[O-].NCC(=O)[O-].[Cu+2].[Mn+2]. The number of carbonyl (C=O) groups is 4. The largest absolute Gasteiger partial charge is 2.00 e. The molecule has 0 fully saturated rings. The standard InChI is InChI=1S/4C2H5NO2.Cu.Mn/c4*3-1-2(4)5;;/h4*1,3H2,(H,4,5);;/q;;;;2*+2/p-4. The second kappa shape index (κ2) is 31.9. The molecule has 0 heterocycles. The summed E-state index contributed by atoms with van der Waals surface area (Å²) < 4.78 is 0. The van der Waals surface area contributed by atoms with Gasteiger partial charge in [-0.25, -0.2) is 0 Å². The molecule has 134 valence electrons. The van der Waals surface area contributed by atoms with Gasteiger partial charge in [-0.05, 0) is 0 Å². The van der Waals surface area contributed by atoms with Gasteiger partial charge in [-0.15, -0.1) is 0 Å². The summed E-state index contributed by atoms with van der Waals surface area (Å²) >= 11 is 0. The van der Waals surface area contributed by atoms with Crippen LogP contribution in [0, 0.1) is 0 Å². The Labute approximate surface area is 147 Å². The van der Waals surface area contributed by atoms with Gasteiger partial charge in [0.1, 0.15) is 0 Å². The summed E-state index contributed by atoms with van der Waals surface area (Å²) in [5.74, 6) is -4.87. The maximum atomic E-state index is 9.13. The van der Waals surface area contributed by atoms with Crippen molar-refractivity contribution >= 4 is 23.9 Å². The van der Waals surface area contributed by atoms with Crippen molar-refractivity contribution in [2.45, 2.75) is 0 Å². The number of carboxylic acid groups (broad SMARTS) is 4. The first-order chi connectivity index (χ1) is 9.08. The zero-order valence-electron chi connectivity index (χ0n) is 11.1. The van der Waals surface area contributed by atoms with Crippen molar-refractivity contribution in [2.75, 3.05) is 26.2 Å². The molecular formula is C8H16CuMnN4O8. The Kier molecular flexibility index (Phi) is 54.0. The topological polar surface area (TPSA) is 265 Å². The molecule has 12 nitrogen and oxygen atoms in total. The van der Waals surface area contributed by atoms with Crippen molar-refractivity contribution in [1.82, 2.24) is 0 Å². The molecule has 8 N–H and O–H groups in total. The van der Waals surface area contributed by atoms with E-state index in [2.05, 4.69) is 22.9 Å². The predicted octanol–water partition coefficient (Wildman–Crippen LogP) is -9.23. The maximum Gasteiger partial charge on any atom is 2.00 e. The molecular weight excluding hydrogens is 399 g/mol. The Morgan fingerprint density at radius 1 is 0.545 bits per heavy atom. The van der Waals surface area contributed by atoms with Crippen LogP contribution in [-0.4, -0.2) is 50.1 Å². The van der Waals surface area contributed by atoms with Crippen LogP contribution in [0.5, 0.6) is 0 Å². The maximum absolute atomic E-state index is 9.13. The van der Waals surface area contributed by atoms with E-state index >= 15 is 0 Å². The fraction of sp³-hybridized carbons (Fsp3) is 0.500. The van der Waals surface area contributed by atoms with Gasteiger partial charge in [-0.3, -0.25) is 0 Å². The van der Waals surface area contributed by atoms with Gasteiger partial charge in [0.15, 0.2) is 0 Å². The Hall–Kier alpha value is -1.24. The smallest absolute Gasteiger partial charge is 0.549 e. The van der Waals surface area contributed by atoms with Crippen LogP contribution in [0.15, 0.2) is 0 Å². The number of rotatable bonds is 4. The van der Waals surface area contributed by atoms with E-state index in [9.17, 15) is 0 Å². The molecule has 0 aromatic heterocycles. The molecule has 0 saturated carbocycles. The molecule has 0 amide bonds. The average molecular weight is 415 g/mol. The van der Waals surface area contributed by atoms with Crippen molar-refractivity contribution in [2.24, 2.45) is 22.9 Å². The number of carbonyl (C=O) groups excluding carboxylic acids is 4. The monoisotopic (exact) mass is 414 g/mol. The molecule has 0 aliphatic rings. The van der Waals surface area contributed by atoms with Gasteiger partial charge < -0.3 is 62.5 Å². The summed E-state index contributed by atoms with van der Waals surface area (Å²) in [6.45, 7) is -1.56. The fourth-order valence-corrected chi connectivity index (χ4v) is 0. The molecule has 22 heavy (non-hydrogen) atoms. The van der Waals surface area contributed by atoms with Gasteiger partial charge in [-0.1, -0.05) is 0 Å². The number of aliphatic carboxylic acids is 4. The van der Waals surface area contributed by atoms with Crippen LogP contribution in [0.4, 0.5) is 0 Å². The fourth-order valence-electron chi connectivity index (χ4n) is 0. The second-order valence-corrected chi connectivity index (χ2v) is 2.30. The van der Waals surface area contributed by atoms with Crippen molar-refractivity contribution in [3.63, 3.8) is 0 Å². The van der Waals surface area contributed by atoms with Crippen LogP contribution in [0.25, 0.3) is 0 Å². The summed E-state index contributed by atoms with van der Waals surface area (Å²) in [5, 5.41) is 36.5. The molecule has 0 unspecified atom stereocenters. The Balaban J connectivity index is -0.0000000376. The number of hydrogen-bond acceptors (Lipinski definition) is 12. The second-order valence-electron chi connectivity index (χ2n) is 2.30. The van der Waals surface area contributed by atoms with Gasteiger partial charge in [0.05, 0.1) is 23.9 Å². The third-order valence-corrected chi connectivity index (χ3v) is 0.667. The van der Waals surface area contributed by atoms with Crippen LogP contribution in [0.2, 0.25) is 0 Å². The molecule has 0 saturated heterocycles. The third kappa shape index (κ3) is 130. The van der Waals surface area contributed by atoms with Gasteiger partial charge in [0.2, 0.25) is 0 Å². The van der Waals surface area contributed by atoms with Crippen molar-refractivity contribution < 1.29 is 73.7 Å². The van der Waals surface area contributed by atoms with E-state index in [4.69, 9.17) is 39.6 Å². The summed E-state index contributed by atoms with van der Waals surface area (Å²) in [6, 6.07) is 0. The average Bonchev–Trinajstić information content (AvgIpc) is 2.40. The molecule has 0 spiro atoms. The van der Waals surface area contributed by atoms with E-state index < -0.39 is 23.9 Å². The quantitative estimate of drug-likeness (QED) is 0.312. The number of carboxylic acids is 4. The van der Waals surface area contributed by atoms with Gasteiger partial charge >= 0.3 is 34.1 Å². The van der Waals surface area contributed by atoms with Crippen molar-refractivity contribution in [1.29, 1.82) is 0 Å². The van der Waals surface area contributed by atoms with E-state index in [1.54, 1.807) is 0 Å². The van der Waals surface area contributed by atoms with Gasteiger partial charge in [0, 0.05) is 26.2 Å². The number of nitrogens with two attached hydrogens (primary N) is 4. The molecule has 0 aliphatic carbocycles. The third-order valence-electron chi connectivity index (χ3n) is 0.667. The summed E-state index contributed by atoms with van der Waals surface area (Å²) in [5.41, 5.74) is 18.0. The van der Waals surface area contributed by atoms with Crippen LogP contribution >= 0.6 is 0 Å². The first-order valence-corrected chi connectivity index (χ1v) is 4.68. The van der Waals surface area contributed by atoms with Crippen molar-refractivity contribution in [3.05, 3.63) is 0 Å².